The molecular weight excluding hydrogens is 348 g/mol. The first-order valence-electron chi connectivity index (χ1n) is 4.29. The lowest BCUT2D eigenvalue weighted by Gasteiger charge is -2.25. The van der Waals surface area contributed by atoms with E-state index in [1.165, 1.54) is 0 Å². The van der Waals surface area contributed by atoms with Gasteiger partial charge in [0.25, 0.3) is 5.13 Å². The first-order valence-corrected chi connectivity index (χ1v) is 6.38. The summed E-state index contributed by atoms with van der Waals surface area (Å²) in [6, 6.07) is 0. The van der Waals surface area contributed by atoms with Crippen molar-refractivity contribution in [2.75, 3.05) is 0 Å². The quantitative estimate of drug-likeness (QED) is 0.570. The minimum absolute atomic E-state index is 0.326. The van der Waals surface area contributed by atoms with Crippen LogP contribution in [0, 0.1) is 0 Å². The molecule has 0 aliphatic carbocycles. The topological polar surface area (TPSA) is 0 Å². The highest BCUT2D eigenvalue weighted by molar-refractivity contribution is 9.10. The predicted octanol–water partition coefficient (Wildman–Crippen LogP) is 5.22. The zero-order chi connectivity index (χ0) is 11.4. The highest BCUT2D eigenvalue weighted by Crippen LogP contribution is 2.45. The SMILES string of the molecule is CCCCC(Br)CC(F)(Cl)C(F)(F)Br. The van der Waals surface area contributed by atoms with Crippen molar-refractivity contribution in [3.8, 4) is 0 Å². The van der Waals surface area contributed by atoms with E-state index in [1.807, 2.05) is 22.9 Å². The van der Waals surface area contributed by atoms with Gasteiger partial charge in [-0.1, -0.05) is 47.3 Å². The molecule has 0 heterocycles. The molecule has 0 amide bonds. The Kier molecular flexibility index (Phi) is 6.39. The summed E-state index contributed by atoms with van der Waals surface area (Å²) < 4.78 is 38.4. The van der Waals surface area contributed by atoms with E-state index >= 15 is 0 Å². The summed E-state index contributed by atoms with van der Waals surface area (Å²) in [5.41, 5.74) is 0. The smallest absolute Gasteiger partial charge is 0.218 e. The predicted molar refractivity (Wildman–Crippen MR) is 60.4 cm³/mol. The Balaban J connectivity index is 4.08. The molecular formula is C8H12Br2ClF3. The van der Waals surface area contributed by atoms with E-state index in [2.05, 4.69) is 15.9 Å². The van der Waals surface area contributed by atoms with Gasteiger partial charge in [0.2, 0.25) is 0 Å². The molecule has 0 nitrogen and oxygen atoms in total. The molecule has 0 aliphatic rings. The molecule has 86 valence electrons. The van der Waals surface area contributed by atoms with Gasteiger partial charge in [-0.15, -0.1) is 0 Å². The lowest BCUT2D eigenvalue weighted by molar-refractivity contribution is -0.00958. The van der Waals surface area contributed by atoms with E-state index in [0.717, 1.165) is 12.8 Å². The van der Waals surface area contributed by atoms with E-state index in [1.54, 1.807) is 0 Å². The molecule has 0 N–H and O–H groups in total. The van der Waals surface area contributed by atoms with Crippen LogP contribution in [-0.2, 0) is 0 Å². The van der Waals surface area contributed by atoms with Gasteiger partial charge >= 0.3 is 4.83 Å². The molecule has 0 fully saturated rings. The van der Waals surface area contributed by atoms with Crippen molar-refractivity contribution in [1.82, 2.24) is 0 Å². The minimum atomic E-state index is -3.69. The summed E-state index contributed by atoms with van der Waals surface area (Å²) in [6.45, 7) is 1.97. The zero-order valence-corrected chi connectivity index (χ0v) is 11.6. The van der Waals surface area contributed by atoms with Crippen LogP contribution in [0.1, 0.15) is 32.6 Å². The van der Waals surface area contributed by atoms with Gasteiger partial charge in [0.15, 0.2) is 0 Å². The molecule has 0 spiro atoms. The fourth-order valence-corrected chi connectivity index (χ4v) is 2.23. The van der Waals surface area contributed by atoms with E-state index in [-0.39, 0.29) is 4.83 Å². The number of rotatable bonds is 6. The third kappa shape index (κ3) is 5.21. The number of alkyl halides is 6. The van der Waals surface area contributed by atoms with Crippen molar-refractivity contribution in [2.24, 2.45) is 0 Å². The molecule has 2 atom stereocenters. The van der Waals surface area contributed by atoms with Crippen LogP contribution in [0.25, 0.3) is 0 Å². The molecule has 0 rings (SSSR count). The van der Waals surface area contributed by atoms with Crippen LogP contribution in [0.2, 0.25) is 0 Å². The molecule has 0 aliphatic heterocycles. The molecule has 0 radical (unpaired) electrons. The normalized spacial score (nSPS) is 19.1. The molecule has 0 bridgehead atoms. The highest BCUT2D eigenvalue weighted by Gasteiger charge is 2.52. The number of unbranched alkanes of at least 4 members (excludes halogenated alkanes) is 1. The van der Waals surface area contributed by atoms with Gasteiger partial charge in [-0.2, -0.15) is 8.78 Å². The Bertz CT molecular complexity index is 170. The average Bonchev–Trinajstić information content (AvgIpc) is 1.97. The Labute approximate surface area is 104 Å². The van der Waals surface area contributed by atoms with E-state index in [9.17, 15) is 13.2 Å². The average molecular weight is 360 g/mol. The minimum Gasteiger partial charge on any atom is -0.218 e. The van der Waals surface area contributed by atoms with Gasteiger partial charge in [-0.3, -0.25) is 0 Å². The maximum Gasteiger partial charge on any atom is 0.348 e. The first kappa shape index (κ1) is 15.0. The van der Waals surface area contributed by atoms with Crippen molar-refractivity contribution >= 4 is 43.5 Å². The third-order valence-corrected chi connectivity index (χ3v) is 3.79. The fourth-order valence-electron chi connectivity index (χ4n) is 0.922. The molecule has 14 heavy (non-hydrogen) atoms. The Hall–Kier alpha value is 1.04. The second-order valence-corrected chi connectivity index (χ2v) is 6.04. The van der Waals surface area contributed by atoms with Crippen LogP contribution in [0.15, 0.2) is 0 Å². The standard InChI is InChI=1S/C8H12Br2ClF3/c1-2-3-4-6(9)5-7(11,12)8(10,13)14/h6H,2-5H2,1H3. The molecule has 0 saturated carbocycles. The van der Waals surface area contributed by atoms with Crippen molar-refractivity contribution in [3.05, 3.63) is 0 Å². The van der Waals surface area contributed by atoms with Gasteiger partial charge in [0.05, 0.1) is 0 Å². The van der Waals surface area contributed by atoms with Crippen LogP contribution >= 0.6 is 43.5 Å². The fraction of sp³-hybridized carbons (Fsp3) is 1.00. The lowest BCUT2D eigenvalue weighted by atomic mass is 10.1. The van der Waals surface area contributed by atoms with Crippen molar-refractivity contribution in [1.29, 1.82) is 0 Å². The molecule has 2 unspecified atom stereocenters. The highest BCUT2D eigenvalue weighted by atomic mass is 79.9. The Morgan fingerprint density at radius 2 is 1.86 bits per heavy atom. The molecule has 0 aromatic heterocycles. The summed E-state index contributed by atoms with van der Waals surface area (Å²) in [5.74, 6) is 0. The molecule has 0 saturated heterocycles. The molecule has 0 aromatic carbocycles. The monoisotopic (exact) mass is 358 g/mol. The summed E-state index contributed by atoms with van der Waals surface area (Å²) in [5, 5.41) is -3.03. The lowest BCUT2D eigenvalue weighted by Crippen LogP contribution is -2.36. The van der Waals surface area contributed by atoms with E-state index < -0.39 is 16.4 Å². The van der Waals surface area contributed by atoms with Crippen LogP contribution in [-0.4, -0.2) is 14.8 Å². The van der Waals surface area contributed by atoms with Gasteiger partial charge < -0.3 is 0 Å². The van der Waals surface area contributed by atoms with Crippen LogP contribution in [0.4, 0.5) is 13.2 Å². The first-order chi connectivity index (χ1) is 6.20. The summed E-state index contributed by atoms with van der Waals surface area (Å²) in [4.78, 5) is -4.02. The van der Waals surface area contributed by atoms with Crippen molar-refractivity contribution < 1.29 is 13.2 Å². The second kappa shape index (κ2) is 5.94. The Morgan fingerprint density at radius 1 is 1.36 bits per heavy atom. The summed E-state index contributed by atoms with van der Waals surface area (Å²) in [6.07, 6.45) is 2.01. The van der Waals surface area contributed by atoms with E-state index in [0.29, 0.717) is 6.42 Å². The van der Waals surface area contributed by atoms with Gasteiger partial charge in [-0.05, 0) is 22.4 Å². The van der Waals surface area contributed by atoms with Crippen LogP contribution in [0.5, 0.6) is 0 Å². The van der Waals surface area contributed by atoms with Gasteiger partial charge in [-0.25, -0.2) is 4.39 Å². The second-order valence-electron chi connectivity index (χ2n) is 3.15. The van der Waals surface area contributed by atoms with Crippen molar-refractivity contribution in [2.45, 2.75) is 47.4 Å². The summed E-state index contributed by atoms with van der Waals surface area (Å²) >= 11 is 10.2. The maximum absolute atomic E-state index is 13.2. The van der Waals surface area contributed by atoms with Crippen molar-refractivity contribution in [3.63, 3.8) is 0 Å². The Morgan fingerprint density at radius 3 is 2.21 bits per heavy atom. The maximum atomic E-state index is 13.2. The van der Waals surface area contributed by atoms with Crippen LogP contribution < -0.4 is 0 Å². The summed E-state index contributed by atoms with van der Waals surface area (Å²) in [7, 11) is 0. The van der Waals surface area contributed by atoms with Gasteiger partial charge in [0, 0.05) is 11.2 Å². The third-order valence-electron chi connectivity index (χ3n) is 1.76. The number of halogens is 6. The number of hydrogen-bond acceptors (Lipinski definition) is 0. The molecule has 6 heteroatoms. The van der Waals surface area contributed by atoms with Crippen LogP contribution in [0.3, 0.4) is 0 Å². The molecule has 0 aromatic rings. The van der Waals surface area contributed by atoms with Gasteiger partial charge in [0.1, 0.15) is 0 Å². The largest absolute Gasteiger partial charge is 0.348 e. The number of hydrogen-bond donors (Lipinski definition) is 0. The van der Waals surface area contributed by atoms with E-state index in [4.69, 9.17) is 11.6 Å². The zero-order valence-electron chi connectivity index (χ0n) is 7.67.